The van der Waals surface area contributed by atoms with Gasteiger partial charge in [-0.05, 0) is 39.8 Å². The van der Waals surface area contributed by atoms with E-state index in [1.807, 2.05) is 0 Å². The standard InChI is InChI=1S/C14H21N3O3/c1-13(2,11(18)19)14(3,4)16-12(20)17(5)10-7-6-8-15-9-10/h6-9H,1-5H3,(H,16,20)(H,18,19). The molecule has 110 valence electrons. The maximum absolute atomic E-state index is 12.2. The lowest BCUT2D eigenvalue weighted by molar-refractivity contribution is -0.150. The van der Waals surface area contributed by atoms with Crippen LogP contribution in [0, 0.1) is 5.41 Å². The van der Waals surface area contributed by atoms with Crippen LogP contribution in [0.1, 0.15) is 27.7 Å². The molecule has 1 heterocycles. The summed E-state index contributed by atoms with van der Waals surface area (Å²) >= 11 is 0. The van der Waals surface area contributed by atoms with Crippen LogP contribution in [0.25, 0.3) is 0 Å². The first-order valence-electron chi connectivity index (χ1n) is 6.29. The van der Waals surface area contributed by atoms with Gasteiger partial charge in [0.25, 0.3) is 0 Å². The molecule has 1 rings (SSSR count). The highest BCUT2D eigenvalue weighted by Crippen LogP contribution is 2.31. The van der Waals surface area contributed by atoms with Gasteiger partial charge in [-0.2, -0.15) is 0 Å². The molecule has 1 aromatic rings. The summed E-state index contributed by atoms with van der Waals surface area (Å²) in [5.74, 6) is -0.966. The van der Waals surface area contributed by atoms with Crippen LogP contribution in [-0.4, -0.2) is 34.7 Å². The molecule has 1 aromatic heterocycles. The number of carboxylic acid groups (broad SMARTS) is 1. The average Bonchev–Trinajstić information content (AvgIpc) is 2.37. The lowest BCUT2D eigenvalue weighted by Crippen LogP contribution is -2.59. The zero-order valence-corrected chi connectivity index (χ0v) is 12.5. The number of hydrogen-bond acceptors (Lipinski definition) is 3. The SMILES string of the molecule is CN(C(=O)NC(C)(C)C(C)(C)C(=O)O)c1cccnc1. The molecule has 20 heavy (non-hydrogen) atoms. The van der Waals surface area contributed by atoms with Gasteiger partial charge in [0, 0.05) is 13.2 Å². The maximum atomic E-state index is 12.2. The molecule has 0 atom stereocenters. The van der Waals surface area contributed by atoms with E-state index in [4.69, 9.17) is 0 Å². The van der Waals surface area contributed by atoms with Crippen molar-refractivity contribution in [3.63, 3.8) is 0 Å². The van der Waals surface area contributed by atoms with Crippen LogP contribution in [0.15, 0.2) is 24.5 Å². The predicted octanol–water partition coefficient (Wildman–Crippen LogP) is 2.12. The number of nitrogens with zero attached hydrogens (tertiary/aromatic N) is 2. The minimum absolute atomic E-state index is 0.377. The van der Waals surface area contributed by atoms with E-state index in [1.165, 1.54) is 4.90 Å². The summed E-state index contributed by atoms with van der Waals surface area (Å²) in [6, 6.07) is 3.10. The number of anilines is 1. The van der Waals surface area contributed by atoms with Crippen molar-refractivity contribution in [2.24, 2.45) is 5.41 Å². The number of aliphatic carboxylic acids is 1. The molecule has 0 aromatic carbocycles. The number of urea groups is 1. The third-order valence-electron chi connectivity index (χ3n) is 3.85. The van der Waals surface area contributed by atoms with Gasteiger partial charge < -0.3 is 10.4 Å². The van der Waals surface area contributed by atoms with Gasteiger partial charge in [-0.3, -0.25) is 14.7 Å². The molecule has 2 amide bonds. The Bertz CT molecular complexity index is 498. The van der Waals surface area contributed by atoms with Gasteiger partial charge in [0.15, 0.2) is 0 Å². The van der Waals surface area contributed by atoms with Crippen molar-refractivity contribution in [2.75, 3.05) is 11.9 Å². The summed E-state index contributed by atoms with van der Waals surface area (Å²) in [6.45, 7) is 6.55. The van der Waals surface area contributed by atoms with Crippen molar-refractivity contribution < 1.29 is 14.7 Å². The van der Waals surface area contributed by atoms with Crippen LogP contribution in [0.3, 0.4) is 0 Å². The molecule has 0 aliphatic rings. The minimum Gasteiger partial charge on any atom is -0.481 e. The van der Waals surface area contributed by atoms with E-state index in [0.717, 1.165) is 0 Å². The van der Waals surface area contributed by atoms with Gasteiger partial charge >= 0.3 is 12.0 Å². The quantitative estimate of drug-likeness (QED) is 0.884. The smallest absolute Gasteiger partial charge is 0.322 e. The summed E-state index contributed by atoms with van der Waals surface area (Å²) in [5, 5.41) is 12.0. The van der Waals surface area contributed by atoms with Crippen LogP contribution >= 0.6 is 0 Å². The van der Waals surface area contributed by atoms with Crippen LogP contribution in [0.4, 0.5) is 10.5 Å². The van der Waals surface area contributed by atoms with E-state index in [1.54, 1.807) is 59.3 Å². The number of carboxylic acids is 1. The maximum Gasteiger partial charge on any atom is 0.322 e. The topological polar surface area (TPSA) is 82.5 Å². The molecule has 2 N–H and O–H groups in total. The fraction of sp³-hybridized carbons (Fsp3) is 0.500. The first-order valence-corrected chi connectivity index (χ1v) is 6.29. The summed E-state index contributed by atoms with van der Waals surface area (Å²) in [4.78, 5) is 28.9. The molecule has 0 bridgehead atoms. The largest absolute Gasteiger partial charge is 0.481 e. The molecular weight excluding hydrogens is 258 g/mol. The molecule has 0 fully saturated rings. The fourth-order valence-corrected chi connectivity index (χ4v) is 1.44. The van der Waals surface area contributed by atoms with Crippen LogP contribution in [0.2, 0.25) is 0 Å². The normalized spacial score (nSPS) is 11.8. The lowest BCUT2D eigenvalue weighted by Gasteiger charge is -2.39. The Balaban J connectivity index is 2.88. The van der Waals surface area contributed by atoms with E-state index < -0.39 is 16.9 Å². The first-order chi connectivity index (χ1) is 9.09. The number of carbonyl (C=O) groups is 2. The second-order valence-corrected chi connectivity index (χ2v) is 5.76. The number of pyridine rings is 1. The molecule has 6 nitrogen and oxygen atoms in total. The molecule has 0 radical (unpaired) electrons. The molecule has 0 aliphatic carbocycles. The Labute approximate surface area is 118 Å². The van der Waals surface area contributed by atoms with Crippen molar-refractivity contribution in [1.82, 2.24) is 10.3 Å². The molecule has 6 heteroatoms. The molecular formula is C14H21N3O3. The van der Waals surface area contributed by atoms with Crippen molar-refractivity contribution in [3.05, 3.63) is 24.5 Å². The summed E-state index contributed by atoms with van der Waals surface area (Å²) < 4.78 is 0. The van der Waals surface area contributed by atoms with Gasteiger partial charge in [0.05, 0.1) is 22.8 Å². The van der Waals surface area contributed by atoms with Gasteiger partial charge in [-0.1, -0.05) is 0 Å². The minimum atomic E-state index is -1.10. The Morgan fingerprint density at radius 2 is 1.90 bits per heavy atom. The van der Waals surface area contributed by atoms with E-state index in [2.05, 4.69) is 10.3 Å². The molecule has 0 aliphatic heterocycles. The van der Waals surface area contributed by atoms with Gasteiger partial charge in [-0.15, -0.1) is 0 Å². The van der Waals surface area contributed by atoms with Crippen molar-refractivity contribution in [1.29, 1.82) is 0 Å². The number of nitrogens with one attached hydrogen (secondary N) is 1. The Morgan fingerprint density at radius 1 is 1.30 bits per heavy atom. The Kier molecular flexibility index (Phi) is 4.37. The predicted molar refractivity (Wildman–Crippen MR) is 76.7 cm³/mol. The third-order valence-corrected chi connectivity index (χ3v) is 3.85. The molecule has 0 spiro atoms. The number of amides is 2. The first kappa shape index (κ1) is 15.9. The highest BCUT2D eigenvalue weighted by atomic mass is 16.4. The molecule has 0 saturated carbocycles. The molecule has 0 unspecified atom stereocenters. The monoisotopic (exact) mass is 279 g/mol. The van der Waals surface area contributed by atoms with E-state index in [9.17, 15) is 14.7 Å². The van der Waals surface area contributed by atoms with Crippen molar-refractivity contribution in [2.45, 2.75) is 33.2 Å². The zero-order valence-electron chi connectivity index (χ0n) is 12.5. The van der Waals surface area contributed by atoms with E-state index >= 15 is 0 Å². The highest BCUT2D eigenvalue weighted by molar-refractivity contribution is 5.92. The summed E-state index contributed by atoms with van der Waals surface area (Å²) in [6.07, 6.45) is 3.18. The Morgan fingerprint density at radius 3 is 2.35 bits per heavy atom. The number of aromatic nitrogens is 1. The van der Waals surface area contributed by atoms with Crippen molar-refractivity contribution in [3.8, 4) is 0 Å². The number of rotatable bonds is 4. The average molecular weight is 279 g/mol. The van der Waals surface area contributed by atoms with Gasteiger partial charge in [-0.25, -0.2) is 4.79 Å². The van der Waals surface area contributed by atoms with Crippen LogP contribution in [0.5, 0.6) is 0 Å². The summed E-state index contributed by atoms with van der Waals surface area (Å²) in [5.41, 5.74) is -1.38. The van der Waals surface area contributed by atoms with Gasteiger partial charge in [0.2, 0.25) is 0 Å². The van der Waals surface area contributed by atoms with Crippen LogP contribution in [-0.2, 0) is 4.79 Å². The van der Waals surface area contributed by atoms with E-state index in [0.29, 0.717) is 5.69 Å². The van der Waals surface area contributed by atoms with Gasteiger partial charge in [0.1, 0.15) is 0 Å². The summed E-state index contributed by atoms with van der Waals surface area (Å²) in [7, 11) is 1.61. The fourth-order valence-electron chi connectivity index (χ4n) is 1.44. The van der Waals surface area contributed by atoms with Crippen LogP contribution < -0.4 is 10.2 Å². The number of hydrogen-bond donors (Lipinski definition) is 2. The second-order valence-electron chi connectivity index (χ2n) is 5.76. The third kappa shape index (κ3) is 3.07. The lowest BCUT2D eigenvalue weighted by atomic mass is 9.74. The van der Waals surface area contributed by atoms with Crippen molar-refractivity contribution >= 4 is 17.7 Å². The number of carbonyl (C=O) groups excluding carboxylic acids is 1. The Hall–Kier alpha value is -2.11. The highest BCUT2D eigenvalue weighted by Gasteiger charge is 2.44. The second kappa shape index (κ2) is 5.48. The molecule has 0 saturated heterocycles. The zero-order chi connectivity index (χ0) is 15.6. The van der Waals surface area contributed by atoms with E-state index in [-0.39, 0.29) is 6.03 Å².